The third kappa shape index (κ3) is 4.73. The number of alkyl halides is 3. The van der Waals surface area contributed by atoms with E-state index in [-0.39, 0.29) is 11.6 Å². The molecule has 1 N–H and O–H groups in total. The van der Waals surface area contributed by atoms with E-state index in [9.17, 15) is 18.0 Å². The minimum atomic E-state index is -4.46. The summed E-state index contributed by atoms with van der Waals surface area (Å²) in [5, 5.41) is 2.78. The molecule has 118 valence electrons. The van der Waals surface area contributed by atoms with Crippen molar-refractivity contribution in [2.75, 3.05) is 0 Å². The summed E-state index contributed by atoms with van der Waals surface area (Å²) >= 11 is 3.13. The summed E-state index contributed by atoms with van der Waals surface area (Å²) in [6.45, 7) is 5.92. The second kappa shape index (κ2) is 7.29. The van der Waals surface area contributed by atoms with Crippen molar-refractivity contribution in [3.63, 3.8) is 0 Å². The predicted molar refractivity (Wildman–Crippen MR) is 80.1 cm³/mol. The first-order valence-corrected chi connectivity index (χ1v) is 7.67. The standard InChI is InChI=1S/C15H19BrF3NO/c1-4-10(5-2)9(3)20-14(21)12-8-11(15(17,18)19)6-7-13(12)16/h6-10H,4-5H2,1-3H3,(H,20,21). The Bertz CT molecular complexity index is 498. The number of carbonyl (C=O) groups excluding carboxylic acids is 1. The minimum absolute atomic E-state index is 0.00244. The van der Waals surface area contributed by atoms with Crippen molar-refractivity contribution >= 4 is 21.8 Å². The molecule has 0 aliphatic heterocycles. The number of amides is 1. The zero-order valence-electron chi connectivity index (χ0n) is 12.2. The number of hydrogen-bond acceptors (Lipinski definition) is 1. The molecule has 0 bridgehead atoms. The molecule has 0 aromatic heterocycles. The lowest BCUT2D eigenvalue weighted by Gasteiger charge is -2.23. The Morgan fingerprint density at radius 2 is 1.86 bits per heavy atom. The van der Waals surface area contributed by atoms with Crippen molar-refractivity contribution in [3.8, 4) is 0 Å². The van der Waals surface area contributed by atoms with Crippen molar-refractivity contribution < 1.29 is 18.0 Å². The number of hydrogen-bond donors (Lipinski definition) is 1. The molecule has 0 aliphatic rings. The van der Waals surface area contributed by atoms with E-state index in [1.54, 1.807) is 0 Å². The topological polar surface area (TPSA) is 29.1 Å². The van der Waals surface area contributed by atoms with Gasteiger partial charge in [0.2, 0.25) is 0 Å². The maximum atomic E-state index is 12.7. The van der Waals surface area contributed by atoms with Crippen LogP contribution in [0, 0.1) is 5.92 Å². The molecule has 2 nitrogen and oxygen atoms in total. The molecule has 0 saturated carbocycles. The van der Waals surface area contributed by atoms with Gasteiger partial charge in [-0.2, -0.15) is 13.2 Å². The maximum absolute atomic E-state index is 12.7. The first-order valence-electron chi connectivity index (χ1n) is 6.88. The summed E-state index contributed by atoms with van der Waals surface area (Å²) in [6.07, 6.45) is -2.65. The van der Waals surface area contributed by atoms with Crippen LogP contribution >= 0.6 is 15.9 Å². The summed E-state index contributed by atoms with van der Waals surface area (Å²) in [6, 6.07) is 2.98. The Kier molecular flexibility index (Phi) is 6.25. The molecule has 1 atom stereocenters. The highest BCUT2D eigenvalue weighted by atomic mass is 79.9. The fraction of sp³-hybridized carbons (Fsp3) is 0.533. The SMILES string of the molecule is CCC(CC)C(C)NC(=O)c1cc(C(F)(F)F)ccc1Br. The van der Waals surface area contributed by atoms with Gasteiger partial charge in [-0.3, -0.25) is 4.79 Å². The fourth-order valence-electron chi connectivity index (χ4n) is 2.27. The number of halogens is 4. The molecule has 6 heteroatoms. The largest absolute Gasteiger partial charge is 0.416 e. The van der Waals surface area contributed by atoms with Gasteiger partial charge >= 0.3 is 6.18 Å². The molecule has 0 radical (unpaired) electrons. The van der Waals surface area contributed by atoms with Crippen LogP contribution in [-0.4, -0.2) is 11.9 Å². The Balaban J connectivity index is 2.97. The van der Waals surface area contributed by atoms with E-state index in [4.69, 9.17) is 0 Å². The summed E-state index contributed by atoms with van der Waals surface area (Å²) < 4.78 is 38.5. The van der Waals surface area contributed by atoms with E-state index >= 15 is 0 Å². The van der Waals surface area contributed by atoms with Crippen LogP contribution in [-0.2, 0) is 6.18 Å². The van der Waals surface area contributed by atoms with Crippen LogP contribution in [0.25, 0.3) is 0 Å². The van der Waals surface area contributed by atoms with Crippen molar-refractivity contribution in [3.05, 3.63) is 33.8 Å². The van der Waals surface area contributed by atoms with E-state index in [2.05, 4.69) is 21.2 Å². The smallest absolute Gasteiger partial charge is 0.349 e. The zero-order chi connectivity index (χ0) is 16.2. The highest BCUT2D eigenvalue weighted by Gasteiger charge is 2.31. The number of rotatable bonds is 5. The highest BCUT2D eigenvalue weighted by molar-refractivity contribution is 9.10. The molecule has 21 heavy (non-hydrogen) atoms. The molecule has 1 aromatic carbocycles. The van der Waals surface area contributed by atoms with Crippen molar-refractivity contribution in [2.24, 2.45) is 5.92 Å². The van der Waals surface area contributed by atoms with Crippen LogP contribution in [0.5, 0.6) is 0 Å². The van der Waals surface area contributed by atoms with Gasteiger partial charge in [0, 0.05) is 10.5 Å². The first-order chi connectivity index (χ1) is 9.70. The van der Waals surface area contributed by atoms with Gasteiger partial charge in [-0.05, 0) is 47.0 Å². The molecule has 1 rings (SSSR count). The van der Waals surface area contributed by atoms with Gasteiger partial charge in [-0.25, -0.2) is 0 Å². The second-order valence-corrected chi connectivity index (χ2v) is 5.89. The van der Waals surface area contributed by atoms with Gasteiger partial charge in [-0.1, -0.05) is 26.7 Å². The number of nitrogens with one attached hydrogen (secondary N) is 1. The predicted octanol–water partition coefficient (Wildman–Crippen LogP) is 5.02. The lowest BCUT2D eigenvalue weighted by atomic mass is 9.95. The van der Waals surface area contributed by atoms with Crippen molar-refractivity contribution in [1.29, 1.82) is 0 Å². The van der Waals surface area contributed by atoms with E-state index in [0.29, 0.717) is 10.4 Å². The monoisotopic (exact) mass is 365 g/mol. The Labute approximate surface area is 131 Å². The van der Waals surface area contributed by atoms with Crippen LogP contribution in [0.3, 0.4) is 0 Å². The van der Waals surface area contributed by atoms with Gasteiger partial charge < -0.3 is 5.32 Å². The normalized spacial score (nSPS) is 13.3. The van der Waals surface area contributed by atoms with Crippen LogP contribution < -0.4 is 5.32 Å². The van der Waals surface area contributed by atoms with Crippen LogP contribution in [0.1, 0.15) is 49.5 Å². The molecule has 0 saturated heterocycles. The molecule has 1 aromatic rings. The number of benzene rings is 1. The third-order valence-corrected chi connectivity index (χ3v) is 4.34. The lowest BCUT2D eigenvalue weighted by molar-refractivity contribution is -0.137. The average molecular weight is 366 g/mol. The van der Waals surface area contributed by atoms with E-state index in [1.165, 1.54) is 6.07 Å². The quantitative estimate of drug-likeness (QED) is 0.779. The second-order valence-electron chi connectivity index (χ2n) is 5.03. The van der Waals surface area contributed by atoms with Crippen LogP contribution in [0.4, 0.5) is 13.2 Å². The van der Waals surface area contributed by atoms with Gasteiger partial charge in [0.15, 0.2) is 0 Å². The zero-order valence-corrected chi connectivity index (χ0v) is 13.8. The first kappa shape index (κ1) is 18.0. The summed E-state index contributed by atoms with van der Waals surface area (Å²) in [7, 11) is 0. The lowest BCUT2D eigenvalue weighted by Crippen LogP contribution is -2.38. The highest BCUT2D eigenvalue weighted by Crippen LogP contribution is 2.32. The fourth-order valence-corrected chi connectivity index (χ4v) is 2.70. The van der Waals surface area contributed by atoms with Crippen LogP contribution in [0.2, 0.25) is 0 Å². The summed E-state index contributed by atoms with van der Waals surface area (Å²) in [5.74, 6) is -0.189. The maximum Gasteiger partial charge on any atom is 0.416 e. The van der Waals surface area contributed by atoms with Gasteiger partial charge in [0.1, 0.15) is 0 Å². The van der Waals surface area contributed by atoms with E-state index < -0.39 is 17.6 Å². The Morgan fingerprint density at radius 1 is 1.29 bits per heavy atom. The van der Waals surface area contributed by atoms with Gasteiger partial charge in [0.25, 0.3) is 5.91 Å². The summed E-state index contributed by atoms with van der Waals surface area (Å²) in [5.41, 5.74) is -0.825. The number of carbonyl (C=O) groups is 1. The van der Waals surface area contributed by atoms with Gasteiger partial charge in [-0.15, -0.1) is 0 Å². The Hall–Kier alpha value is -1.04. The van der Waals surface area contributed by atoms with Gasteiger partial charge in [0.05, 0.1) is 11.1 Å². The van der Waals surface area contributed by atoms with E-state index in [0.717, 1.165) is 25.0 Å². The molecular weight excluding hydrogens is 347 g/mol. The van der Waals surface area contributed by atoms with Crippen LogP contribution in [0.15, 0.2) is 22.7 Å². The molecule has 0 spiro atoms. The molecular formula is C15H19BrF3NO. The molecule has 1 amide bonds. The minimum Gasteiger partial charge on any atom is -0.349 e. The molecule has 0 fully saturated rings. The van der Waals surface area contributed by atoms with E-state index in [1.807, 2.05) is 20.8 Å². The average Bonchev–Trinajstić information content (AvgIpc) is 2.39. The molecule has 1 unspecified atom stereocenters. The molecule has 0 heterocycles. The molecule has 0 aliphatic carbocycles. The summed E-state index contributed by atoms with van der Waals surface area (Å²) in [4.78, 5) is 12.2. The van der Waals surface area contributed by atoms with Crippen molar-refractivity contribution in [2.45, 2.75) is 45.8 Å². The Morgan fingerprint density at radius 3 is 2.33 bits per heavy atom. The third-order valence-electron chi connectivity index (χ3n) is 3.65. The van der Waals surface area contributed by atoms with Crippen molar-refractivity contribution in [1.82, 2.24) is 5.32 Å².